The van der Waals surface area contributed by atoms with E-state index in [2.05, 4.69) is 5.32 Å². The molecule has 1 amide bonds. The van der Waals surface area contributed by atoms with Crippen molar-refractivity contribution in [2.75, 3.05) is 19.0 Å². The summed E-state index contributed by atoms with van der Waals surface area (Å²) in [4.78, 5) is 23.9. The van der Waals surface area contributed by atoms with Crippen molar-refractivity contribution < 1.29 is 19.1 Å². The maximum atomic E-state index is 11.9. The van der Waals surface area contributed by atoms with Gasteiger partial charge in [-0.1, -0.05) is 29.3 Å². The Labute approximate surface area is 155 Å². The predicted octanol–water partition coefficient (Wildman–Crippen LogP) is 4.03. The van der Waals surface area contributed by atoms with Gasteiger partial charge in [0.05, 0.1) is 13.5 Å². The first-order valence-electron chi connectivity index (χ1n) is 7.43. The quantitative estimate of drug-likeness (QED) is 0.766. The Morgan fingerprint density at radius 2 is 1.76 bits per heavy atom. The highest BCUT2D eigenvalue weighted by molar-refractivity contribution is 6.31. The van der Waals surface area contributed by atoms with Crippen molar-refractivity contribution in [1.29, 1.82) is 0 Å². The summed E-state index contributed by atoms with van der Waals surface area (Å²) in [7, 11) is 1.50. The molecule has 2 rings (SSSR count). The van der Waals surface area contributed by atoms with Crippen LogP contribution in [0.2, 0.25) is 10.0 Å². The number of methoxy groups -OCH3 is 1. The van der Waals surface area contributed by atoms with E-state index >= 15 is 0 Å². The Balaban J connectivity index is 1.90. The van der Waals surface area contributed by atoms with Gasteiger partial charge in [-0.25, -0.2) is 0 Å². The lowest BCUT2D eigenvalue weighted by Crippen LogP contribution is -2.22. The Morgan fingerprint density at radius 1 is 1.08 bits per heavy atom. The molecule has 7 heteroatoms. The third-order valence-corrected chi connectivity index (χ3v) is 3.89. The van der Waals surface area contributed by atoms with Crippen molar-refractivity contribution in [2.45, 2.75) is 13.3 Å². The van der Waals surface area contributed by atoms with E-state index in [0.29, 0.717) is 27.0 Å². The number of carbonyl (C=O) groups is 2. The molecule has 2 aromatic rings. The van der Waals surface area contributed by atoms with Crippen LogP contribution in [0.25, 0.3) is 0 Å². The lowest BCUT2D eigenvalue weighted by molar-refractivity contribution is -0.146. The molecule has 5 nitrogen and oxygen atoms in total. The molecule has 1 N–H and O–H groups in total. The molecule has 0 fully saturated rings. The third-order valence-electron chi connectivity index (χ3n) is 3.42. The summed E-state index contributed by atoms with van der Waals surface area (Å²) in [5.74, 6) is -0.476. The Kier molecular flexibility index (Phi) is 6.67. The molecule has 0 saturated carbocycles. The summed E-state index contributed by atoms with van der Waals surface area (Å²) in [6.07, 6.45) is -0.0484. The molecule has 0 aromatic heterocycles. The van der Waals surface area contributed by atoms with Crippen LogP contribution in [-0.4, -0.2) is 25.6 Å². The van der Waals surface area contributed by atoms with E-state index in [0.717, 1.165) is 5.56 Å². The van der Waals surface area contributed by atoms with Crippen LogP contribution in [0.4, 0.5) is 5.69 Å². The fourth-order valence-corrected chi connectivity index (χ4v) is 2.52. The summed E-state index contributed by atoms with van der Waals surface area (Å²) in [5, 5.41) is 3.65. The first kappa shape index (κ1) is 19.1. The number of halogens is 2. The molecule has 0 aliphatic heterocycles. The number of hydrogen-bond acceptors (Lipinski definition) is 4. The van der Waals surface area contributed by atoms with Crippen molar-refractivity contribution >= 4 is 40.8 Å². The zero-order valence-electron chi connectivity index (χ0n) is 13.8. The third kappa shape index (κ3) is 5.66. The molecule has 0 unspecified atom stereocenters. The summed E-state index contributed by atoms with van der Waals surface area (Å²) >= 11 is 11.8. The highest BCUT2D eigenvalue weighted by Crippen LogP contribution is 2.23. The van der Waals surface area contributed by atoms with E-state index in [1.165, 1.54) is 7.11 Å². The normalized spacial score (nSPS) is 10.2. The minimum Gasteiger partial charge on any atom is -0.496 e. The number of esters is 1. The molecule has 25 heavy (non-hydrogen) atoms. The van der Waals surface area contributed by atoms with Crippen LogP contribution < -0.4 is 10.1 Å². The second kappa shape index (κ2) is 8.74. The van der Waals surface area contributed by atoms with Crippen molar-refractivity contribution in [3.05, 3.63) is 57.6 Å². The fourth-order valence-electron chi connectivity index (χ4n) is 2.15. The average molecular weight is 382 g/mol. The number of benzene rings is 2. The molecule has 2 aromatic carbocycles. The number of hydrogen-bond donors (Lipinski definition) is 1. The Morgan fingerprint density at radius 3 is 2.48 bits per heavy atom. The maximum absolute atomic E-state index is 11.9. The van der Waals surface area contributed by atoms with Crippen LogP contribution in [0.15, 0.2) is 36.4 Å². The van der Waals surface area contributed by atoms with Gasteiger partial charge in [0.25, 0.3) is 5.91 Å². The molecule has 0 radical (unpaired) electrons. The molecule has 0 aliphatic carbocycles. The minimum absolute atomic E-state index is 0.0484. The number of anilines is 1. The van der Waals surface area contributed by atoms with Crippen molar-refractivity contribution in [3.63, 3.8) is 0 Å². The molecular formula is C18H17Cl2NO4. The van der Waals surface area contributed by atoms with Gasteiger partial charge < -0.3 is 14.8 Å². The highest BCUT2D eigenvalue weighted by atomic mass is 35.5. The van der Waals surface area contributed by atoms with Crippen molar-refractivity contribution in [1.82, 2.24) is 0 Å². The molecule has 0 aliphatic rings. The van der Waals surface area contributed by atoms with Gasteiger partial charge in [0.1, 0.15) is 5.75 Å². The van der Waals surface area contributed by atoms with Gasteiger partial charge in [-0.2, -0.15) is 0 Å². The van der Waals surface area contributed by atoms with E-state index in [1.54, 1.807) is 36.4 Å². The molecule has 0 atom stereocenters. The topological polar surface area (TPSA) is 64.6 Å². The molecule has 0 saturated heterocycles. The first-order valence-corrected chi connectivity index (χ1v) is 8.18. The Bertz CT molecular complexity index is 793. The highest BCUT2D eigenvalue weighted by Gasteiger charge is 2.13. The van der Waals surface area contributed by atoms with Gasteiger partial charge >= 0.3 is 5.97 Å². The summed E-state index contributed by atoms with van der Waals surface area (Å²) in [6, 6.07) is 10.1. The minimum atomic E-state index is -0.557. The van der Waals surface area contributed by atoms with Crippen LogP contribution in [-0.2, 0) is 20.7 Å². The van der Waals surface area contributed by atoms with E-state index in [9.17, 15) is 9.59 Å². The lowest BCUT2D eigenvalue weighted by atomic mass is 10.1. The first-order chi connectivity index (χ1) is 11.9. The van der Waals surface area contributed by atoms with Crippen LogP contribution >= 0.6 is 23.2 Å². The molecule has 0 heterocycles. The van der Waals surface area contributed by atoms with Crippen LogP contribution in [0.1, 0.15) is 11.1 Å². The van der Waals surface area contributed by atoms with Gasteiger partial charge in [0.15, 0.2) is 6.61 Å². The van der Waals surface area contributed by atoms with Gasteiger partial charge in [-0.3, -0.25) is 9.59 Å². The van der Waals surface area contributed by atoms with Crippen molar-refractivity contribution in [2.24, 2.45) is 0 Å². The predicted molar refractivity (Wildman–Crippen MR) is 97.5 cm³/mol. The number of nitrogens with one attached hydrogen (secondary N) is 1. The van der Waals surface area contributed by atoms with Crippen molar-refractivity contribution in [3.8, 4) is 5.75 Å². The SMILES string of the molecule is COc1ccc(Cl)cc1CC(=O)OCC(=O)Nc1cc(Cl)ccc1C. The Hall–Kier alpha value is -2.24. The maximum Gasteiger partial charge on any atom is 0.310 e. The van der Waals surface area contributed by atoms with E-state index in [-0.39, 0.29) is 6.42 Å². The second-order valence-electron chi connectivity index (χ2n) is 5.30. The van der Waals surface area contributed by atoms with E-state index in [4.69, 9.17) is 32.7 Å². The molecular weight excluding hydrogens is 365 g/mol. The number of amides is 1. The van der Waals surface area contributed by atoms with Crippen LogP contribution in [0.3, 0.4) is 0 Å². The molecule has 0 bridgehead atoms. The molecule has 0 spiro atoms. The van der Waals surface area contributed by atoms with Crippen LogP contribution in [0, 0.1) is 6.92 Å². The number of ether oxygens (including phenoxy) is 2. The zero-order valence-corrected chi connectivity index (χ0v) is 15.3. The summed E-state index contributed by atoms with van der Waals surface area (Å²) in [6.45, 7) is 1.44. The lowest BCUT2D eigenvalue weighted by Gasteiger charge is -2.11. The van der Waals surface area contributed by atoms with Crippen LogP contribution in [0.5, 0.6) is 5.75 Å². The van der Waals surface area contributed by atoms with Gasteiger partial charge in [0, 0.05) is 21.3 Å². The zero-order chi connectivity index (χ0) is 18.4. The smallest absolute Gasteiger partial charge is 0.310 e. The van der Waals surface area contributed by atoms with Gasteiger partial charge in [0.2, 0.25) is 0 Å². The summed E-state index contributed by atoms with van der Waals surface area (Å²) in [5.41, 5.74) is 2.02. The van der Waals surface area contributed by atoms with Gasteiger partial charge in [-0.05, 0) is 42.8 Å². The average Bonchev–Trinajstić information content (AvgIpc) is 2.56. The van der Waals surface area contributed by atoms with Gasteiger partial charge in [-0.15, -0.1) is 0 Å². The monoisotopic (exact) mass is 381 g/mol. The number of carbonyl (C=O) groups excluding carboxylic acids is 2. The van der Waals surface area contributed by atoms with E-state index < -0.39 is 18.5 Å². The number of rotatable bonds is 6. The largest absolute Gasteiger partial charge is 0.496 e. The second-order valence-corrected chi connectivity index (χ2v) is 6.17. The fraction of sp³-hybridized carbons (Fsp3) is 0.222. The summed E-state index contributed by atoms with van der Waals surface area (Å²) < 4.78 is 10.2. The standard InChI is InChI=1S/C18H17Cl2NO4/c1-11-3-4-14(20)9-15(11)21-17(22)10-25-18(23)8-12-7-13(19)5-6-16(12)24-2/h3-7,9H,8,10H2,1-2H3,(H,21,22). The molecule has 132 valence electrons. The number of aryl methyl sites for hydroxylation is 1. The van der Waals surface area contributed by atoms with E-state index in [1.807, 2.05) is 6.92 Å².